The lowest BCUT2D eigenvalue weighted by atomic mass is 9.77. The van der Waals surface area contributed by atoms with E-state index in [1.54, 1.807) is 24.1 Å². The van der Waals surface area contributed by atoms with E-state index in [-0.39, 0.29) is 17.8 Å². The van der Waals surface area contributed by atoms with Crippen LogP contribution in [0.25, 0.3) is 11.0 Å². The lowest BCUT2D eigenvalue weighted by Crippen LogP contribution is -2.62. The number of methoxy groups -OCH3 is 2. The number of ether oxygens (including phenoxy) is 4. The van der Waals surface area contributed by atoms with Crippen molar-refractivity contribution in [3.63, 3.8) is 0 Å². The van der Waals surface area contributed by atoms with Gasteiger partial charge in [-0.05, 0) is 46.5 Å². The minimum absolute atomic E-state index is 0.282. The van der Waals surface area contributed by atoms with Gasteiger partial charge in [0.15, 0.2) is 11.5 Å². The van der Waals surface area contributed by atoms with Crippen molar-refractivity contribution in [2.24, 2.45) is 0 Å². The van der Waals surface area contributed by atoms with Gasteiger partial charge in [-0.15, -0.1) is 0 Å². The zero-order valence-electron chi connectivity index (χ0n) is 20.0. The van der Waals surface area contributed by atoms with E-state index in [0.29, 0.717) is 47.8 Å². The fourth-order valence-electron chi connectivity index (χ4n) is 4.74. The van der Waals surface area contributed by atoms with E-state index < -0.39 is 11.1 Å². The Morgan fingerprint density at radius 3 is 2.45 bits per heavy atom. The summed E-state index contributed by atoms with van der Waals surface area (Å²) in [5, 5.41) is 0. The summed E-state index contributed by atoms with van der Waals surface area (Å²) in [5.41, 5.74) is 0.184. The highest BCUT2D eigenvalue weighted by Gasteiger charge is 2.48. The zero-order chi connectivity index (χ0) is 23.8. The van der Waals surface area contributed by atoms with Crippen molar-refractivity contribution in [1.29, 1.82) is 0 Å². The number of amides is 1. The first-order chi connectivity index (χ1) is 15.6. The molecule has 0 spiro atoms. The second-order valence-electron chi connectivity index (χ2n) is 9.85. The number of H-pyrrole nitrogens is 1. The van der Waals surface area contributed by atoms with Crippen LogP contribution in [0.15, 0.2) is 16.9 Å². The fraction of sp³-hybridized carbons (Fsp3) is 0.625. The molecular formula is C24H33N3O6. The topological polar surface area (TPSA) is 103 Å². The van der Waals surface area contributed by atoms with Gasteiger partial charge in [-0.3, -0.25) is 9.69 Å². The normalized spacial score (nSPS) is 22.3. The Morgan fingerprint density at radius 2 is 1.88 bits per heavy atom. The molecule has 9 nitrogen and oxygen atoms in total. The summed E-state index contributed by atoms with van der Waals surface area (Å²) in [7, 11) is 3.09. The van der Waals surface area contributed by atoms with Crippen LogP contribution in [0.2, 0.25) is 0 Å². The predicted molar refractivity (Wildman–Crippen MR) is 123 cm³/mol. The molecule has 2 aliphatic heterocycles. The SMILES string of the molecule is COc1cc2nc(CCN(C(=O)OC(C)(C)C)C34CCC(CC3)OC4)c(=O)[nH]c2cc1OC. The van der Waals surface area contributed by atoms with Crippen LogP contribution in [0, 0.1) is 0 Å². The average Bonchev–Trinajstić information content (AvgIpc) is 2.78. The monoisotopic (exact) mass is 459 g/mol. The van der Waals surface area contributed by atoms with Crippen LogP contribution in [0.3, 0.4) is 0 Å². The number of carbonyl (C=O) groups is 1. The van der Waals surface area contributed by atoms with Gasteiger partial charge >= 0.3 is 6.09 Å². The first-order valence-corrected chi connectivity index (χ1v) is 11.4. The average molecular weight is 460 g/mol. The highest BCUT2D eigenvalue weighted by atomic mass is 16.6. The van der Waals surface area contributed by atoms with E-state index >= 15 is 0 Å². The molecule has 1 N–H and O–H groups in total. The summed E-state index contributed by atoms with van der Waals surface area (Å²) in [4.78, 5) is 35.2. The van der Waals surface area contributed by atoms with Gasteiger partial charge in [0.1, 0.15) is 11.3 Å². The predicted octanol–water partition coefficient (Wildman–Crippen LogP) is 3.43. The molecule has 1 amide bonds. The van der Waals surface area contributed by atoms with Crippen molar-refractivity contribution in [2.75, 3.05) is 27.4 Å². The number of nitrogens with one attached hydrogen (secondary N) is 1. The molecule has 0 unspecified atom stereocenters. The number of carbonyl (C=O) groups excluding carboxylic acids is 1. The molecular weight excluding hydrogens is 426 g/mol. The first kappa shape index (κ1) is 23.4. The number of hydrogen-bond donors (Lipinski definition) is 1. The molecule has 3 heterocycles. The number of fused-ring (bicyclic) bond motifs is 4. The summed E-state index contributed by atoms with van der Waals surface area (Å²) < 4.78 is 22.4. The largest absolute Gasteiger partial charge is 0.493 e. The summed E-state index contributed by atoms with van der Waals surface area (Å²) >= 11 is 0. The summed E-state index contributed by atoms with van der Waals surface area (Å²) in [6.07, 6.45) is 3.79. The van der Waals surface area contributed by atoms with Gasteiger partial charge in [-0.1, -0.05) is 0 Å². The zero-order valence-corrected chi connectivity index (χ0v) is 20.0. The number of aromatic amines is 1. The maximum Gasteiger partial charge on any atom is 0.410 e. The molecule has 9 heteroatoms. The molecule has 180 valence electrons. The molecule has 5 rings (SSSR count). The van der Waals surface area contributed by atoms with Crippen molar-refractivity contribution in [1.82, 2.24) is 14.9 Å². The van der Waals surface area contributed by atoms with Crippen LogP contribution >= 0.6 is 0 Å². The van der Waals surface area contributed by atoms with Crippen molar-refractivity contribution in [2.45, 2.75) is 70.1 Å². The van der Waals surface area contributed by atoms with Gasteiger partial charge in [-0.25, -0.2) is 9.78 Å². The van der Waals surface area contributed by atoms with Gasteiger partial charge < -0.3 is 23.9 Å². The third kappa shape index (κ3) is 4.78. The maximum absolute atomic E-state index is 13.2. The van der Waals surface area contributed by atoms with Crippen molar-refractivity contribution < 1.29 is 23.7 Å². The van der Waals surface area contributed by atoms with Crippen molar-refractivity contribution in [3.8, 4) is 11.5 Å². The number of benzene rings is 1. The first-order valence-electron chi connectivity index (χ1n) is 11.4. The summed E-state index contributed by atoms with van der Waals surface area (Å²) in [5.74, 6) is 1.04. The van der Waals surface area contributed by atoms with Crippen LogP contribution in [-0.2, 0) is 15.9 Å². The third-order valence-electron chi connectivity index (χ3n) is 6.48. The van der Waals surface area contributed by atoms with E-state index in [1.807, 2.05) is 20.8 Å². The molecule has 1 saturated carbocycles. The van der Waals surface area contributed by atoms with Gasteiger partial charge in [0.05, 0.1) is 43.5 Å². The summed E-state index contributed by atoms with van der Waals surface area (Å²) in [6, 6.07) is 3.42. The van der Waals surface area contributed by atoms with Gasteiger partial charge in [-0.2, -0.15) is 0 Å². The molecule has 1 aliphatic carbocycles. The highest BCUT2D eigenvalue weighted by molar-refractivity contribution is 5.79. The van der Waals surface area contributed by atoms with E-state index in [9.17, 15) is 9.59 Å². The lowest BCUT2D eigenvalue weighted by molar-refractivity contribution is -0.132. The smallest absolute Gasteiger partial charge is 0.410 e. The molecule has 0 radical (unpaired) electrons. The summed E-state index contributed by atoms with van der Waals surface area (Å²) in [6.45, 7) is 6.37. The standard InChI is InChI=1S/C24H33N3O6/c1-23(2,3)33-22(29)27(24-9-6-15(7-10-24)32-14-24)11-8-16-21(28)26-18-13-20(31-5)19(30-4)12-17(18)25-16/h12-13,15H,6-11,14H2,1-5H3,(H,26,28). The Morgan fingerprint density at radius 1 is 1.21 bits per heavy atom. The van der Waals surface area contributed by atoms with E-state index in [0.717, 1.165) is 25.7 Å². The second kappa shape index (κ2) is 8.85. The van der Waals surface area contributed by atoms with Crippen molar-refractivity contribution in [3.05, 3.63) is 28.2 Å². The van der Waals surface area contributed by atoms with Gasteiger partial charge in [0.25, 0.3) is 5.56 Å². The molecule has 3 aliphatic rings. The minimum Gasteiger partial charge on any atom is -0.493 e. The number of rotatable bonds is 6. The van der Waals surface area contributed by atoms with E-state index in [2.05, 4.69) is 9.97 Å². The number of hydrogen-bond acceptors (Lipinski definition) is 7. The molecule has 2 bridgehead atoms. The van der Waals surface area contributed by atoms with Crippen molar-refractivity contribution >= 4 is 17.1 Å². The number of nitrogens with zero attached hydrogens (tertiary/aromatic N) is 2. The molecule has 1 aromatic heterocycles. The molecule has 0 atom stereocenters. The molecule has 1 aromatic carbocycles. The van der Waals surface area contributed by atoms with E-state index in [4.69, 9.17) is 18.9 Å². The van der Waals surface area contributed by atoms with Gasteiger partial charge in [0.2, 0.25) is 0 Å². The Bertz CT molecular complexity index is 1070. The third-order valence-corrected chi connectivity index (χ3v) is 6.48. The Kier molecular flexibility index (Phi) is 6.26. The highest BCUT2D eigenvalue weighted by Crippen LogP contribution is 2.41. The van der Waals surface area contributed by atoms with Crippen LogP contribution in [0.5, 0.6) is 11.5 Å². The van der Waals surface area contributed by atoms with Crippen LogP contribution in [0.1, 0.15) is 52.1 Å². The molecule has 2 saturated heterocycles. The lowest BCUT2D eigenvalue weighted by Gasteiger charge is -2.52. The van der Waals surface area contributed by atoms with Crippen LogP contribution in [0.4, 0.5) is 4.79 Å². The maximum atomic E-state index is 13.2. The Labute approximate surface area is 193 Å². The van der Waals surface area contributed by atoms with E-state index in [1.165, 1.54) is 7.11 Å². The van der Waals surface area contributed by atoms with Crippen LogP contribution < -0.4 is 15.0 Å². The van der Waals surface area contributed by atoms with Gasteiger partial charge in [0, 0.05) is 25.1 Å². The Hall–Kier alpha value is -2.81. The molecule has 33 heavy (non-hydrogen) atoms. The fourth-order valence-corrected chi connectivity index (χ4v) is 4.74. The Balaban J connectivity index is 1.62. The molecule has 3 fully saturated rings. The quantitative estimate of drug-likeness (QED) is 0.706. The molecule has 2 aromatic rings. The number of aromatic nitrogens is 2. The van der Waals surface area contributed by atoms with Crippen LogP contribution in [-0.4, -0.2) is 65.6 Å². The minimum atomic E-state index is -0.618. The second-order valence-corrected chi connectivity index (χ2v) is 9.85.